The van der Waals surface area contributed by atoms with Crippen molar-refractivity contribution in [2.75, 3.05) is 11.9 Å². The first-order valence-corrected chi connectivity index (χ1v) is 9.10. The summed E-state index contributed by atoms with van der Waals surface area (Å²) in [7, 11) is -3.76. The summed E-state index contributed by atoms with van der Waals surface area (Å²) >= 11 is 0. The molecule has 0 saturated heterocycles. The number of hydrogen-bond donors (Lipinski definition) is 3. The Morgan fingerprint density at radius 2 is 1.96 bits per heavy atom. The van der Waals surface area contributed by atoms with Gasteiger partial charge in [0.05, 0.1) is 4.90 Å². The van der Waals surface area contributed by atoms with Crippen LogP contribution in [0.2, 0.25) is 0 Å². The minimum absolute atomic E-state index is 0.0314. The first kappa shape index (κ1) is 19.0. The van der Waals surface area contributed by atoms with Gasteiger partial charge in [0.2, 0.25) is 10.0 Å². The Morgan fingerprint density at radius 3 is 2.60 bits per heavy atom. The molecule has 1 unspecified atom stereocenters. The number of hydrogen-bond acceptors (Lipinski definition) is 4. The largest absolute Gasteiger partial charge is 0.327 e. The molecular weight excluding hydrogens is 345 g/mol. The molecule has 0 aliphatic carbocycles. The number of carbonyl (C=O) groups is 1. The van der Waals surface area contributed by atoms with E-state index >= 15 is 0 Å². The van der Waals surface area contributed by atoms with Gasteiger partial charge < -0.3 is 11.1 Å². The SMILES string of the molecule is Cc1cc(NC(=O)c2cccc(S(=O)(=O)NCC(C)N)c2)ccc1F. The van der Waals surface area contributed by atoms with E-state index in [1.807, 2.05) is 0 Å². The van der Waals surface area contributed by atoms with Gasteiger partial charge in [-0.25, -0.2) is 17.5 Å². The van der Waals surface area contributed by atoms with Gasteiger partial charge in [0, 0.05) is 23.8 Å². The monoisotopic (exact) mass is 365 g/mol. The zero-order valence-corrected chi connectivity index (χ0v) is 14.7. The maximum atomic E-state index is 13.3. The van der Waals surface area contributed by atoms with Crippen molar-refractivity contribution in [3.05, 3.63) is 59.4 Å². The van der Waals surface area contributed by atoms with Crippen LogP contribution in [-0.2, 0) is 10.0 Å². The molecule has 2 rings (SSSR count). The summed E-state index contributed by atoms with van der Waals surface area (Å²) < 4.78 is 40.1. The van der Waals surface area contributed by atoms with E-state index in [0.717, 1.165) is 0 Å². The number of sulfonamides is 1. The second-order valence-electron chi connectivity index (χ2n) is 5.78. The molecule has 0 heterocycles. The second-order valence-corrected chi connectivity index (χ2v) is 7.54. The molecule has 8 heteroatoms. The van der Waals surface area contributed by atoms with E-state index in [0.29, 0.717) is 11.3 Å². The molecule has 0 aromatic heterocycles. The lowest BCUT2D eigenvalue weighted by Crippen LogP contribution is -2.35. The maximum absolute atomic E-state index is 13.3. The number of aryl methyl sites for hydroxylation is 1. The van der Waals surface area contributed by atoms with Crippen molar-refractivity contribution in [3.63, 3.8) is 0 Å². The van der Waals surface area contributed by atoms with Crippen LogP contribution in [0.4, 0.5) is 10.1 Å². The fourth-order valence-corrected chi connectivity index (χ4v) is 3.24. The molecule has 0 aliphatic rings. The van der Waals surface area contributed by atoms with Crippen molar-refractivity contribution in [3.8, 4) is 0 Å². The van der Waals surface area contributed by atoms with Crippen molar-refractivity contribution in [2.45, 2.75) is 24.8 Å². The van der Waals surface area contributed by atoms with Gasteiger partial charge in [-0.05, 0) is 55.8 Å². The number of rotatable bonds is 6. The molecule has 25 heavy (non-hydrogen) atoms. The first-order chi connectivity index (χ1) is 11.7. The smallest absolute Gasteiger partial charge is 0.255 e. The molecule has 1 amide bonds. The standard InChI is InChI=1S/C17H20FN3O3S/c1-11-8-14(6-7-16(11)18)21-17(22)13-4-3-5-15(9-13)25(23,24)20-10-12(2)19/h3-9,12,20H,10,19H2,1-2H3,(H,21,22). The lowest BCUT2D eigenvalue weighted by molar-refractivity contribution is 0.102. The van der Waals surface area contributed by atoms with E-state index in [9.17, 15) is 17.6 Å². The fourth-order valence-electron chi connectivity index (χ4n) is 2.05. The highest BCUT2D eigenvalue weighted by molar-refractivity contribution is 7.89. The number of anilines is 1. The van der Waals surface area contributed by atoms with Gasteiger partial charge in [-0.3, -0.25) is 4.79 Å². The lowest BCUT2D eigenvalue weighted by atomic mass is 10.2. The number of amides is 1. The summed E-state index contributed by atoms with van der Waals surface area (Å²) in [6, 6.07) is 9.49. The topological polar surface area (TPSA) is 101 Å². The molecule has 0 saturated carbocycles. The molecular formula is C17H20FN3O3S. The highest BCUT2D eigenvalue weighted by Gasteiger charge is 2.16. The Balaban J connectivity index is 2.19. The average molecular weight is 365 g/mol. The lowest BCUT2D eigenvalue weighted by Gasteiger charge is -2.10. The Hall–Kier alpha value is -2.29. The van der Waals surface area contributed by atoms with E-state index in [-0.39, 0.29) is 28.9 Å². The molecule has 6 nitrogen and oxygen atoms in total. The van der Waals surface area contributed by atoms with Crippen molar-refractivity contribution in [1.29, 1.82) is 0 Å². The zero-order valence-electron chi connectivity index (χ0n) is 13.9. The van der Waals surface area contributed by atoms with Crippen LogP contribution in [0.5, 0.6) is 0 Å². The van der Waals surface area contributed by atoms with Gasteiger partial charge in [0.25, 0.3) is 5.91 Å². The molecule has 0 bridgehead atoms. The van der Waals surface area contributed by atoms with Crippen LogP contribution in [0.25, 0.3) is 0 Å². The summed E-state index contributed by atoms with van der Waals surface area (Å²) in [5.41, 5.74) is 6.54. The van der Waals surface area contributed by atoms with Crippen molar-refractivity contribution >= 4 is 21.6 Å². The highest BCUT2D eigenvalue weighted by atomic mass is 32.2. The van der Waals surface area contributed by atoms with E-state index in [2.05, 4.69) is 10.0 Å². The van der Waals surface area contributed by atoms with Crippen LogP contribution in [0.3, 0.4) is 0 Å². The Kier molecular flexibility index (Phi) is 5.89. The molecule has 0 fully saturated rings. The zero-order chi connectivity index (χ0) is 18.6. The molecule has 2 aromatic carbocycles. The molecule has 1 atom stereocenters. The third-order valence-corrected chi connectivity index (χ3v) is 4.84. The molecule has 0 aliphatic heterocycles. The average Bonchev–Trinajstić information content (AvgIpc) is 2.56. The summed E-state index contributed by atoms with van der Waals surface area (Å²) in [4.78, 5) is 12.3. The van der Waals surface area contributed by atoms with E-state index in [4.69, 9.17) is 5.73 Å². The minimum atomic E-state index is -3.76. The summed E-state index contributed by atoms with van der Waals surface area (Å²) in [6.45, 7) is 3.35. The fraction of sp³-hybridized carbons (Fsp3) is 0.235. The van der Waals surface area contributed by atoms with Gasteiger partial charge in [-0.1, -0.05) is 6.07 Å². The highest BCUT2D eigenvalue weighted by Crippen LogP contribution is 2.16. The van der Waals surface area contributed by atoms with Crippen molar-refractivity contribution in [1.82, 2.24) is 4.72 Å². The summed E-state index contributed by atoms with van der Waals surface area (Å²) in [5.74, 6) is -0.860. The Morgan fingerprint density at radius 1 is 1.24 bits per heavy atom. The van der Waals surface area contributed by atoms with Crippen LogP contribution in [-0.4, -0.2) is 26.9 Å². The number of nitrogens with two attached hydrogens (primary N) is 1. The van der Waals surface area contributed by atoms with Crippen molar-refractivity contribution < 1.29 is 17.6 Å². The van der Waals surface area contributed by atoms with Crippen LogP contribution >= 0.6 is 0 Å². The van der Waals surface area contributed by atoms with Crippen LogP contribution in [0, 0.1) is 12.7 Å². The van der Waals surface area contributed by atoms with Gasteiger partial charge in [-0.2, -0.15) is 0 Å². The van der Waals surface area contributed by atoms with Crippen LogP contribution in [0.15, 0.2) is 47.4 Å². The molecule has 4 N–H and O–H groups in total. The number of halogens is 1. The Labute approximate surface area is 146 Å². The number of carbonyl (C=O) groups excluding carboxylic acids is 1. The van der Waals surface area contributed by atoms with E-state index < -0.39 is 15.9 Å². The van der Waals surface area contributed by atoms with Gasteiger partial charge in [-0.15, -0.1) is 0 Å². The molecule has 0 spiro atoms. The quantitative estimate of drug-likeness (QED) is 0.729. The third kappa shape index (κ3) is 5.09. The second kappa shape index (κ2) is 7.73. The van der Waals surface area contributed by atoms with Gasteiger partial charge >= 0.3 is 0 Å². The van der Waals surface area contributed by atoms with Crippen LogP contribution < -0.4 is 15.8 Å². The van der Waals surface area contributed by atoms with Gasteiger partial charge in [0.15, 0.2) is 0 Å². The number of nitrogens with one attached hydrogen (secondary N) is 2. The molecule has 0 radical (unpaired) electrons. The molecule has 2 aromatic rings. The Bertz CT molecular complexity index is 882. The van der Waals surface area contributed by atoms with E-state index in [1.165, 1.54) is 42.5 Å². The number of benzene rings is 2. The summed E-state index contributed by atoms with van der Waals surface area (Å²) in [5, 5.41) is 2.61. The minimum Gasteiger partial charge on any atom is -0.327 e. The summed E-state index contributed by atoms with van der Waals surface area (Å²) in [6.07, 6.45) is 0. The van der Waals surface area contributed by atoms with Crippen LogP contribution in [0.1, 0.15) is 22.8 Å². The molecule has 134 valence electrons. The maximum Gasteiger partial charge on any atom is 0.255 e. The normalized spacial score (nSPS) is 12.6. The predicted octanol–water partition coefficient (Wildman–Crippen LogP) is 2.01. The van der Waals surface area contributed by atoms with Gasteiger partial charge in [0.1, 0.15) is 5.82 Å². The van der Waals surface area contributed by atoms with Crippen molar-refractivity contribution in [2.24, 2.45) is 5.73 Å². The third-order valence-electron chi connectivity index (χ3n) is 3.42. The first-order valence-electron chi connectivity index (χ1n) is 7.62. The van der Waals surface area contributed by atoms with E-state index in [1.54, 1.807) is 13.8 Å². The predicted molar refractivity (Wildman–Crippen MR) is 94.4 cm³/mol.